The molecule has 152 valence electrons. The SMILES string of the molecule is COc1cc(C(N)=O)ccc1CCNc1cc(-c2ccc3c(c2)CNC3=O)ncn1. The van der Waals surface area contributed by atoms with E-state index in [2.05, 4.69) is 20.6 Å². The molecule has 1 aromatic heterocycles. The second-order valence-electron chi connectivity index (χ2n) is 6.91. The minimum Gasteiger partial charge on any atom is -0.496 e. The summed E-state index contributed by atoms with van der Waals surface area (Å²) in [5.74, 6) is 0.791. The van der Waals surface area contributed by atoms with Gasteiger partial charge in [-0.15, -0.1) is 0 Å². The molecule has 2 amide bonds. The summed E-state index contributed by atoms with van der Waals surface area (Å²) in [7, 11) is 1.56. The number of anilines is 1. The van der Waals surface area contributed by atoms with E-state index in [1.165, 1.54) is 6.33 Å². The highest BCUT2D eigenvalue weighted by atomic mass is 16.5. The molecule has 1 aliphatic rings. The number of amides is 2. The Bertz CT molecular complexity index is 1130. The Hall–Kier alpha value is -3.94. The van der Waals surface area contributed by atoms with Crippen LogP contribution in [0.15, 0.2) is 48.8 Å². The number of carbonyl (C=O) groups excluding carboxylic acids is 2. The third-order valence-electron chi connectivity index (χ3n) is 5.02. The molecule has 8 heteroatoms. The van der Waals surface area contributed by atoms with Gasteiger partial charge in [-0.2, -0.15) is 0 Å². The third kappa shape index (κ3) is 3.93. The monoisotopic (exact) mass is 403 g/mol. The highest BCUT2D eigenvalue weighted by molar-refractivity contribution is 5.98. The number of nitrogens with one attached hydrogen (secondary N) is 2. The topological polar surface area (TPSA) is 119 Å². The van der Waals surface area contributed by atoms with Crippen molar-refractivity contribution >= 4 is 17.6 Å². The molecule has 0 saturated heterocycles. The molecule has 0 saturated carbocycles. The number of nitrogens with two attached hydrogens (primary N) is 1. The van der Waals surface area contributed by atoms with E-state index >= 15 is 0 Å². The van der Waals surface area contributed by atoms with Crippen LogP contribution in [0.1, 0.15) is 31.8 Å². The number of hydrogen-bond acceptors (Lipinski definition) is 6. The van der Waals surface area contributed by atoms with Gasteiger partial charge in [-0.1, -0.05) is 12.1 Å². The molecule has 0 spiro atoms. The van der Waals surface area contributed by atoms with Crippen LogP contribution in [0.5, 0.6) is 5.75 Å². The Kier molecular flexibility index (Phi) is 5.30. The minimum atomic E-state index is -0.488. The molecule has 0 radical (unpaired) electrons. The number of hydrogen-bond donors (Lipinski definition) is 3. The number of rotatable bonds is 7. The lowest BCUT2D eigenvalue weighted by molar-refractivity contribution is 0.0964. The summed E-state index contributed by atoms with van der Waals surface area (Å²) in [5.41, 5.74) is 10.1. The standard InChI is InChI=1S/C22H21N5O3/c1-30-19-9-15(21(23)28)3-2-13(19)6-7-24-20-10-18(26-12-27-20)14-4-5-17-16(8-14)11-25-22(17)29/h2-5,8-10,12H,6-7,11H2,1H3,(H2,23,28)(H,25,29)(H,24,26,27). The fourth-order valence-electron chi connectivity index (χ4n) is 3.43. The maximum atomic E-state index is 11.7. The van der Waals surface area contributed by atoms with Crippen molar-refractivity contribution in [1.29, 1.82) is 0 Å². The van der Waals surface area contributed by atoms with Gasteiger partial charge >= 0.3 is 0 Å². The van der Waals surface area contributed by atoms with Crippen LogP contribution in [0.25, 0.3) is 11.3 Å². The summed E-state index contributed by atoms with van der Waals surface area (Å²) in [6, 6.07) is 12.7. The van der Waals surface area contributed by atoms with Crippen LogP contribution in [-0.2, 0) is 13.0 Å². The molecule has 2 aromatic carbocycles. The lowest BCUT2D eigenvalue weighted by Crippen LogP contribution is -2.12. The van der Waals surface area contributed by atoms with Gasteiger partial charge in [0.1, 0.15) is 17.9 Å². The molecule has 0 unspecified atom stereocenters. The maximum Gasteiger partial charge on any atom is 0.251 e. The van der Waals surface area contributed by atoms with Gasteiger partial charge in [-0.3, -0.25) is 9.59 Å². The van der Waals surface area contributed by atoms with Crippen LogP contribution in [0.2, 0.25) is 0 Å². The average molecular weight is 403 g/mol. The molecule has 0 bridgehead atoms. The fraction of sp³-hybridized carbons (Fsp3) is 0.182. The molecule has 4 rings (SSSR count). The molecule has 8 nitrogen and oxygen atoms in total. The van der Waals surface area contributed by atoms with Crippen molar-refractivity contribution in [3.8, 4) is 17.0 Å². The van der Waals surface area contributed by atoms with Crippen LogP contribution < -0.4 is 21.1 Å². The Labute approximate surface area is 173 Å². The van der Waals surface area contributed by atoms with Crippen molar-refractivity contribution in [2.75, 3.05) is 19.0 Å². The minimum absolute atomic E-state index is 0.0408. The first-order valence-corrected chi connectivity index (χ1v) is 9.49. The van der Waals surface area contributed by atoms with E-state index < -0.39 is 5.91 Å². The van der Waals surface area contributed by atoms with Crippen molar-refractivity contribution in [1.82, 2.24) is 15.3 Å². The molecule has 2 heterocycles. The Balaban J connectivity index is 1.44. The second-order valence-corrected chi connectivity index (χ2v) is 6.91. The number of fused-ring (bicyclic) bond motifs is 1. The van der Waals surface area contributed by atoms with E-state index in [0.29, 0.717) is 42.2 Å². The number of nitrogens with zero attached hydrogens (tertiary/aromatic N) is 2. The summed E-state index contributed by atoms with van der Waals surface area (Å²) in [4.78, 5) is 31.7. The van der Waals surface area contributed by atoms with Gasteiger partial charge in [0.25, 0.3) is 5.91 Å². The summed E-state index contributed by atoms with van der Waals surface area (Å²) in [6.07, 6.45) is 2.19. The Morgan fingerprint density at radius 2 is 2.07 bits per heavy atom. The first kappa shape index (κ1) is 19.4. The smallest absolute Gasteiger partial charge is 0.251 e. The molecule has 30 heavy (non-hydrogen) atoms. The Morgan fingerprint density at radius 3 is 2.87 bits per heavy atom. The highest BCUT2D eigenvalue weighted by Gasteiger charge is 2.19. The van der Waals surface area contributed by atoms with Crippen LogP contribution >= 0.6 is 0 Å². The molecule has 0 fully saturated rings. The van der Waals surface area contributed by atoms with E-state index in [-0.39, 0.29) is 5.91 Å². The molecule has 0 aliphatic carbocycles. The molecule has 0 atom stereocenters. The molecular weight excluding hydrogens is 382 g/mol. The van der Waals surface area contributed by atoms with E-state index in [9.17, 15) is 9.59 Å². The summed E-state index contributed by atoms with van der Waals surface area (Å²) in [6.45, 7) is 1.15. The molecular formula is C22H21N5O3. The van der Waals surface area contributed by atoms with Gasteiger partial charge in [0, 0.05) is 35.8 Å². The second kappa shape index (κ2) is 8.20. The predicted molar refractivity (Wildman–Crippen MR) is 112 cm³/mol. The first-order valence-electron chi connectivity index (χ1n) is 9.49. The quantitative estimate of drug-likeness (QED) is 0.556. The van der Waals surface area contributed by atoms with Crippen molar-refractivity contribution in [2.24, 2.45) is 5.73 Å². The van der Waals surface area contributed by atoms with E-state index in [0.717, 1.165) is 22.4 Å². The molecule has 4 N–H and O–H groups in total. The van der Waals surface area contributed by atoms with Gasteiger partial charge in [-0.25, -0.2) is 9.97 Å². The average Bonchev–Trinajstić information content (AvgIpc) is 3.14. The normalized spacial score (nSPS) is 12.2. The highest BCUT2D eigenvalue weighted by Crippen LogP contribution is 2.25. The van der Waals surface area contributed by atoms with Crippen molar-refractivity contribution in [3.05, 3.63) is 71.0 Å². The van der Waals surface area contributed by atoms with Crippen molar-refractivity contribution < 1.29 is 14.3 Å². The van der Waals surface area contributed by atoms with Crippen LogP contribution in [0.4, 0.5) is 5.82 Å². The zero-order valence-corrected chi connectivity index (χ0v) is 16.4. The van der Waals surface area contributed by atoms with E-state index in [4.69, 9.17) is 10.5 Å². The first-order chi connectivity index (χ1) is 14.5. The predicted octanol–water partition coefficient (Wildman–Crippen LogP) is 2.15. The van der Waals surface area contributed by atoms with E-state index in [1.54, 1.807) is 19.2 Å². The summed E-state index contributed by atoms with van der Waals surface area (Å²) < 4.78 is 5.37. The van der Waals surface area contributed by atoms with Gasteiger partial charge < -0.3 is 21.1 Å². The zero-order valence-electron chi connectivity index (χ0n) is 16.4. The summed E-state index contributed by atoms with van der Waals surface area (Å²) in [5, 5.41) is 6.10. The number of methoxy groups -OCH3 is 1. The molecule has 1 aliphatic heterocycles. The number of carbonyl (C=O) groups is 2. The maximum absolute atomic E-state index is 11.7. The van der Waals surface area contributed by atoms with Crippen LogP contribution in [0, 0.1) is 0 Å². The van der Waals surface area contributed by atoms with Gasteiger partial charge in [0.15, 0.2) is 0 Å². The fourth-order valence-corrected chi connectivity index (χ4v) is 3.43. The number of benzene rings is 2. The van der Waals surface area contributed by atoms with Crippen molar-refractivity contribution in [2.45, 2.75) is 13.0 Å². The number of ether oxygens (including phenoxy) is 1. The van der Waals surface area contributed by atoms with E-state index in [1.807, 2.05) is 30.3 Å². The van der Waals surface area contributed by atoms with Gasteiger partial charge in [0.2, 0.25) is 5.91 Å². The number of aromatic nitrogens is 2. The summed E-state index contributed by atoms with van der Waals surface area (Å²) >= 11 is 0. The van der Waals surface area contributed by atoms with Crippen LogP contribution in [0.3, 0.4) is 0 Å². The van der Waals surface area contributed by atoms with Crippen LogP contribution in [-0.4, -0.2) is 35.4 Å². The lowest BCUT2D eigenvalue weighted by Gasteiger charge is -2.11. The molecule has 3 aromatic rings. The zero-order chi connectivity index (χ0) is 21.1. The third-order valence-corrected chi connectivity index (χ3v) is 5.02. The van der Waals surface area contributed by atoms with Gasteiger partial charge in [0.05, 0.1) is 12.8 Å². The lowest BCUT2D eigenvalue weighted by atomic mass is 10.0. The van der Waals surface area contributed by atoms with Crippen molar-refractivity contribution in [3.63, 3.8) is 0 Å². The Morgan fingerprint density at radius 1 is 1.20 bits per heavy atom. The number of primary amides is 1. The van der Waals surface area contributed by atoms with Gasteiger partial charge in [-0.05, 0) is 41.8 Å². The largest absolute Gasteiger partial charge is 0.496 e.